The topological polar surface area (TPSA) is 97.1 Å². The van der Waals surface area contributed by atoms with Crippen molar-refractivity contribution in [2.75, 3.05) is 5.32 Å². The number of halogens is 1. The molecule has 0 bridgehead atoms. The van der Waals surface area contributed by atoms with Crippen molar-refractivity contribution in [3.05, 3.63) is 89.7 Å². The smallest absolute Gasteiger partial charge is 0.326 e. The van der Waals surface area contributed by atoms with Crippen LogP contribution in [0.4, 0.5) is 14.9 Å². The fraction of sp³-hybridized carbons (Fsp3) is 0.154. The summed E-state index contributed by atoms with van der Waals surface area (Å²) in [6, 6.07) is 19.3. The molecule has 0 atom stereocenters. The third kappa shape index (κ3) is 5.01. The number of anilines is 1. The molecule has 34 heavy (non-hydrogen) atoms. The number of carbonyl (C=O) groups is 2. The van der Waals surface area contributed by atoms with Gasteiger partial charge in [0.15, 0.2) is 0 Å². The predicted octanol–water partition coefficient (Wildman–Crippen LogP) is 5.80. The minimum absolute atomic E-state index is 0.0252. The first-order valence-corrected chi connectivity index (χ1v) is 10.6. The van der Waals surface area contributed by atoms with Crippen molar-refractivity contribution < 1.29 is 18.4 Å². The largest absolute Gasteiger partial charge is 0.416 e. The number of carbonyl (C=O) groups excluding carboxylic acids is 2. The Balaban J connectivity index is 1.52. The molecule has 2 N–H and O–H groups in total. The first-order valence-electron chi connectivity index (χ1n) is 10.6. The molecule has 0 saturated heterocycles. The lowest BCUT2D eigenvalue weighted by Gasteiger charge is -2.18. The van der Waals surface area contributed by atoms with Crippen molar-refractivity contribution in [2.45, 2.75) is 26.2 Å². The molecule has 0 spiro atoms. The van der Waals surface area contributed by atoms with Crippen molar-refractivity contribution in [3.8, 4) is 22.9 Å². The first-order chi connectivity index (χ1) is 16.2. The normalized spacial score (nSPS) is 11.2. The van der Waals surface area contributed by atoms with Gasteiger partial charge in [-0.25, -0.2) is 9.18 Å². The standard InChI is InChI=1S/C26H23FN4O3/c1-26(2,3)17-14-12-16(13-15-17)23-30-31-24(34-23)19-9-5-7-11-21(19)28-25(33)29-22(32)18-8-4-6-10-20(18)27/h4-15H,1-3H3,(H2,28,29,32,33). The van der Waals surface area contributed by atoms with E-state index in [0.717, 1.165) is 11.6 Å². The highest BCUT2D eigenvalue weighted by molar-refractivity contribution is 6.08. The van der Waals surface area contributed by atoms with Gasteiger partial charge in [-0.3, -0.25) is 10.1 Å². The molecule has 172 valence electrons. The second kappa shape index (κ2) is 9.27. The third-order valence-corrected chi connectivity index (χ3v) is 5.17. The number of para-hydroxylation sites is 1. The summed E-state index contributed by atoms with van der Waals surface area (Å²) < 4.78 is 19.7. The third-order valence-electron chi connectivity index (χ3n) is 5.17. The van der Waals surface area contributed by atoms with E-state index in [4.69, 9.17) is 4.42 Å². The van der Waals surface area contributed by atoms with E-state index in [0.29, 0.717) is 17.1 Å². The number of hydrogen-bond donors (Lipinski definition) is 2. The molecule has 1 heterocycles. The van der Waals surface area contributed by atoms with E-state index >= 15 is 0 Å². The van der Waals surface area contributed by atoms with E-state index in [1.54, 1.807) is 24.3 Å². The maximum atomic E-state index is 13.8. The van der Waals surface area contributed by atoms with Crippen molar-refractivity contribution in [1.82, 2.24) is 15.5 Å². The van der Waals surface area contributed by atoms with Crippen LogP contribution in [0.15, 0.2) is 77.2 Å². The van der Waals surface area contributed by atoms with Crippen molar-refractivity contribution in [3.63, 3.8) is 0 Å². The first kappa shape index (κ1) is 22.8. The zero-order chi connectivity index (χ0) is 24.3. The molecule has 0 aliphatic carbocycles. The lowest BCUT2D eigenvalue weighted by Crippen LogP contribution is -2.34. The number of urea groups is 1. The SMILES string of the molecule is CC(C)(C)c1ccc(-c2nnc(-c3ccccc3NC(=O)NC(=O)c3ccccc3F)o2)cc1. The van der Waals surface area contributed by atoms with Gasteiger partial charge in [-0.2, -0.15) is 0 Å². The highest BCUT2D eigenvalue weighted by Crippen LogP contribution is 2.30. The van der Waals surface area contributed by atoms with Crippen LogP contribution in [0, 0.1) is 5.82 Å². The number of hydrogen-bond acceptors (Lipinski definition) is 5. The molecule has 4 rings (SSSR count). The Labute approximate surface area is 196 Å². The van der Waals surface area contributed by atoms with Gasteiger partial charge in [-0.15, -0.1) is 10.2 Å². The molecule has 1 aromatic heterocycles. The summed E-state index contributed by atoms with van der Waals surface area (Å²) in [5.41, 5.74) is 2.56. The summed E-state index contributed by atoms with van der Waals surface area (Å²) in [7, 11) is 0. The van der Waals surface area contributed by atoms with Crippen LogP contribution in [0.1, 0.15) is 36.7 Å². The van der Waals surface area contributed by atoms with Gasteiger partial charge in [0.1, 0.15) is 5.82 Å². The zero-order valence-corrected chi connectivity index (χ0v) is 18.9. The van der Waals surface area contributed by atoms with Gasteiger partial charge >= 0.3 is 6.03 Å². The van der Waals surface area contributed by atoms with Crippen LogP contribution < -0.4 is 10.6 Å². The number of imide groups is 1. The van der Waals surface area contributed by atoms with Crippen LogP contribution in [-0.4, -0.2) is 22.1 Å². The average molecular weight is 458 g/mol. The summed E-state index contributed by atoms with van der Waals surface area (Å²) in [5.74, 6) is -1.04. The minimum atomic E-state index is -0.855. The number of benzene rings is 3. The molecule has 4 aromatic rings. The zero-order valence-electron chi connectivity index (χ0n) is 18.9. The highest BCUT2D eigenvalue weighted by Gasteiger charge is 2.19. The quantitative estimate of drug-likeness (QED) is 0.403. The molecule has 0 aliphatic heterocycles. The summed E-state index contributed by atoms with van der Waals surface area (Å²) in [6.07, 6.45) is 0. The lowest BCUT2D eigenvalue weighted by molar-refractivity contribution is 0.0963. The number of aromatic nitrogens is 2. The van der Waals surface area contributed by atoms with Crippen LogP contribution in [0.3, 0.4) is 0 Å². The highest BCUT2D eigenvalue weighted by atomic mass is 19.1. The Kier molecular flexibility index (Phi) is 6.23. The maximum Gasteiger partial charge on any atom is 0.326 e. The van der Waals surface area contributed by atoms with Gasteiger partial charge in [-0.1, -0.05) is 57.2 Å². The molecular weight excluding hydrogens is 435 g/mol. The summed E-state index contributed by atoms with van der Waals surface area (Å²) in [5, 5.41) is 12.9. The molecule has 3 aromatic carbocycles. The van der Waals surface area contributed by atoms with Gasteiger partial charge in [0.05, 0.1) is 16.8 Å². The average Bonchev–Trinajstić information content (AvgIpc) is 3.29. The molecule has 0 saturated carbocycles. The summed E-state index contributed by atoms with van der Waals surface area (Å²) in [4.78, 5) is 24.6. The monoisotopic (exact) mass is 458 g/mol. The Bertz CT molecular complexity index is 1340. The van der Waals surface area contributed by atoms with Gasteiger partial charge in [0.25, 0.3) is 5.91 Å². The Hall–Kier alpha value is -4.33. The van der Waals surface area contributed by atoms with Crippen LogP contribution in [0.25, 0.3) is 22.9 Å². The number of nitrogens with one attached hydrogen (secondary N) is 2. The number of nitrogens with zero attached hydrogens (tertiary/aromatic N) is 2. The predicted molar refractivity (Wildman–Crippen MR) is 127 cm³/mol. The molecule has 7 nitrogen and oxygen atoms in total. The Morgan fingerprint density at radius 1 is 0.853 bits per heavy atom. The molecule has 0 aliphatic rings. The van der Waals surface area contributed by atoms with Crippen molar-refractivity contribution >= 4 is 17.6 Å². The van der Waals surface area contributed by atoms with Crippen LogP contribution >= 0.6 is 0 Å². The molecule has 3 amide bonds. The van der Waals surface area contributed by atoms with Crippen LogP contribution in [0.2, 0.25) is 0 Å². The summed E-state index contributed by atoms with van der Waals surface area (Å²) >= 11 is 0. The van der Waals surface area contributed by atoms with E-state index in [-0.39, 0.29) is 16.9 Å². The van der Waals surface area contributed by atoms with Gasteiger partial charge in [0.2, 0.25) is 11.8 Å². The number of amides is 3. The molecule has 0 fully saturated rings. The fourth-order valence-electron chi connectivity index (χ4n) is 3.31. The Morgan fingerprint density at radius 3 is 2.21 bits per heavy atom. The molecular formula is C26H23FN4O3. The molecule has 8 heteroatoms. The van der Waals surface area contributed by atoms with Gasteiger partial charge in [-0.05, 0) is 47.4 Å². The summed E-state index contributed by atoms with van der Waals surface area (Å²) in [6.45, 7) is 6.41. The van der Waals surface area contributed by atoms with E-state index in [1.165, 1.54) is 23.8 Å². The van der Waals surface area contributed by atoms with E-state index in [1.807, 2.05) is 24.3 Å². The van der Waals surface area contributed by atoms with Gasteiger partial charge in [0, 0.05) is 5.56 Å². The van der Waals surface area contributed by atoms with E-state index < -0.39 is 17.8 Å². The second-order valence-corrected chi connectivity index (χ2v) is 8.67. The van der Waals surface area contributed by atoms with Gasteiger partial charge < -0.3 is 9.73 Å². The van der Waals surface area contributed by atoms with Crippen molar-refractivity contribution in [1.29, 1.82) is 0 Å². The van der Waals surface area contributed by atoms with E-state index in [9.17, 15) is 14.0 Å². The van der Waals surface area contributed by atoms with Crippen LogP contribution in [0.5, 0.6) is 0 Å². The van der Waals surface area contributed by atoms with Crippen molar-refractivity contribution in [2.24, 2.45) is 0 Å². The molecule has 0 radical (unpaired) electrons. The fourth-order valence-corrected chi connectivity index (χ4v) is 3.31. The lowest BCUT2D eigenvalue weighted by atomic mass is 9.87. The van der Waals surface area contributed by atoms with Crippen LogP contribution in [-0.2, 0) is 5.41 Å². The van der Waals surface area contributed by atoms with E-state index in [2.05, 4.69) is 41.6 Å². The molecule has 0 unspecified atom stereocenters. The minimum Gasteiger partial charge on any atom is -0.416 e. The second-order valence-electron chi connectivity index (χ2n) is 8.67. The maximum absolute atomic E-state index is 13.8. The Morgan fingerprint density at radius 2 is 1.50 bits per heavy atom. The number of rotatable bonds is 4.